The Morgan fingerprint density at radius 2 is 2.35 bits per heavy atom. The maximum absolute atomic E-state index is 13.3. The summed E-state index contributed by atoms with van der Waals surface area (Å²) in [5.74, 6) is -0.836. The molecule has 1 aliphatic carbocycles. The Morgan fingerprint density at radius 1 is 1.50 bits per heavy atom. The van der Waals surface area contributed by atoms with Crippen LogP contribution in [0.4, 0.5) is 4.39 Å². The van der Waals surface area contributed by atoms with Crippen LogP contribution in [0.25, 0.3) is 0 Å². The molecule has 1 heterocycles. The Morgan fingerprint density at radius 3 is 3.20 bits per heavy atom. The molecule has 0 amide bonds. The number of nitrogens with one attached hydrogen (secondary N) is 1. The highest BCUT2D eigenvalue weighted by Crippen LogP contribution is 2.30. The van der Waals surface area contributed by atoms with Crippen LogP contribution in [-0.4, -0.2) is 14.9 Å². The Bertz CT molecular complexity index is 624. The van der Waals surface area contributed by atoms with Gasteiger partial charge in [-0.2, -0.15) is 5.10 Å². The van der Waals surface area contributed by atoms with Gasteiger partial charge in [-0.05, 0) is 25.3 Å². The molecule has 0 aliphatic heterocycles. The van der Waals surface area contributed by atoms with E-state index in [0.29, 0.717) is 12.1 Å². The molecule has 1 aromatic carbocycles. The van der Waals surface area contributed by atoms with Gasteiger partial charge >= 0.3 is 0 Å². The number of rotatable bonds is 3. The van der Waals surface area contributed by atoms with E-state index in [1.165, 1.54) is 17.3 Å². The minimum absolute atomic E-state index is 0.218. The zero-order valence-corrected chi connectivity index (χ0v) is 11.4. The average Bonchev–Trinajstić information content (AvgIpc) is 2.83. The number of phenols is 1. The maximum atomic E-state index is 13.3. The van der Waals surface area contributed by atoms with Crippen LogP contribution in [0.2, 0.25) is 0 Å². The second-order valence-electron chi connectivity index (χ2n) is 5.24. The van der Waals surface area contributed by atoms with Crippen molar-refractivity contribution >= 4 is 0 Å². The summed E-state index contributed by atoms with van der Waals surface area (Å²) in [7, 11) is 1.96. The fraction of sp³-hybridized carbons (Fsp3) is 0.400. The summed E-state index contributed by atoms with van der Waals surface area (Å²) in [4.78, 5) is 0. The van der Waals surface area contributed by atoms with Gasteiger partial charge in [-0.25, -0.2) is 4.39 Å². The van der Waals surface area contributed by atoms with Crippen LogP contribution in [0.1, 0.15) is 35.7 Å². The van der Waals surface area contributed by atoms with Crippen LogP contribution < -0.4 is 5.32 Å². The molecule has 5 heteroatoms. The number of aryl methyl sites for hydroxylation is 1. The van der Waals surface area contributed by atoms with Crippen molar-refractivity contribution in [3.8, 4) is 5.75 Å². The molecule has 4 nitrogen and oxygen atoms in total. The normalized spacial score (nSPS) is 18.0. The van der Waals surface area contributed by atoms with Crippen LogP contribution in [-0.2, 0) is 20.0 Å². The van der Waals surface area contributed by atoms with Gasteiger partial charge in [0.25, 0.3) is 0 Å². The standard InChI is InChI=1S/C15H18FN3O/c1-19-14-7-3-6-13(11(14)9-18-19)17-8-10-4-2-5-12(16)15(10)20/h2,4-5,9,13,17,20H,3,6-8H2,1H3. The number of hydrogen-bond acceptors (Lipinski definition) is 3. The molecule has 0 saturated carbocycles. The fourth-order valence-corrected chi connectivity index (χ4v) is 2.85. The van der Waals surface area contributed by atoms with Crippen molar-refractivity contribution in [3.63, 3.8) is 0 Å². The molecule has 1 aliphatic rings. The van der Waals surface area contributed by atoms with E-state index in [-0.39, 0.29) is 11.8 Å². The van der Waals surface area contributed by atoms with E-state index in [1.807, 2.05) is 17.9 Å². The second kappa shape index (κ2) is 5.25. The number of hydrogen-bond donors (Lipinski definition) is 2. The van der Waals surface area contributed by atoms with E-state index >= 15 is 0 Å². The first-order valence-corrected chi connectivity index (χ1v) is 6.87. The molecule has 0 fully saturated rings. The molecule has 0 bridgehead atoms. The zero-order valence-electron chi connectivity index (χ0n) is 11.4. The molecule has 1 unspecified atom stereocenters. The predicted molar refractivity (Wildman–Crippen MR) is 73.8 cm³/mol. The van der Waals surface area contributed by atoms with Crippen LogP contribution in [0.5, 0.6) is 5.75 Å². The number of halogens is 1. The van der Waals surface area contributed by atoms with Crippen molar-refractivity contribution in [1.82, 2.24) is 15.1 Å². The monoisotopic (exact) mass is 275 g/mol. The van der Waals surface area contributed by atoms with Gasteiger partial charge in [-0.3, -0.25) is 4.68 Å². The van der Waals surface area contributed by atoms with E-state index in [9.17, 15) is 9.50 Å². The van der Waals surface area contributed by atoms with Crippen molar-refractivity contribution in [2.24, 2.45) is 7.05 Å². The van der Waals surface area contributed by atoms with Gasteiger partial charge in [0.2, 0.25) is 0 Å². The number of aromatic hydroxyl groups is 1. The highest BCUT2D eigenvalue weighted by Gasteiger charge is 2.23. The molecule has 0 spiro atoms. The molecule has 106 valence electrons. The highest BCUT2D eigenvalue weighted by atomic mass is 19.1. The van der Waals surface area contributed by atoms with Crippen molar-refractivity contribution < 1.29 is 9.50 Å². The number of benzene rings is 1. The van der Waals surface area contributed by atoms with Gasteiger partial charge in [-0.1, -0.05) is 12.1 Å². The summed E-state index contributed by atoms with van der Waals surface area (Å²) in [5.41, 5.74) is 3.06. The number of phenolic OH excluding ortho intramolecular Hbond substituents is 1. The van der Waals surface area contributed by atoms with Gasteiger partial charge in [-0.15, -0.1) is 0 Å². The summed E-state index contributed by atoms with van der Waals surface area (Å²) in [5, 5.41) is 17.4. The van der Waals surface area contributed by atoms with E-state index in [1.54, 1.807) is 12.1 Å². The number of aromatic nitrogens is 2. The second-order valence-corrected chi connectivity index (χ2v) is 5.24. The molecular weight excluding hydrogens is 257 g/mol. The van der Waals surface area contributed by atoms with Gasteiger partial charge in [0.15, 0.2) is 11.6 Å². The number of para-hydroxylation sites is 1. The van der Waals surface area contributed by atoms with Crippen molar-refractivity contribution in [2.75, 3.05) is 0 Å². The van der Waals surface area contributed by atoms with Gasteiger partial charge in [0.1, 0.15) is 0 Å². The maximum Gasteiger partial charge on any atom is 0.165 e. The third kappa shape index (κ3) is 2.29. The lowest BCUT2D eigenvalue weighted by Crippen LogP contribution is -2.25. The molecule has 20 heavy (non-hydrogen) atoms. The molecule has 3 rings (SSSR count). The van der Waals surface area contributed by atoms with Crippen LogP contribution in [0.3, 0.4) is 0 Å². The lowest BCUT2D eigenvalue weighted by Gasteiger charge is -2.24. The van der Waals surface area contributed by atoms with E-state index in [4.69, 9.17) is 0 Å². The van der Waals surface area contributed by atoms with Gasteiger partial charge in [0.05, 0.1) is 6.20 Å². The summed E-state index contributed by atoms with van der Waals surface area (Å²) in [6.07, 6.45) is 5.10. The lowest BCUT2D eigenvalue weighted by atomic mass is 9.93. The Hall–Kier alpha value is -1.88. The molecule has 2 aromatic rings. The van der Waals surface area contributed by atoms with Crippen molar-refractivity contribution in [1.29, 1.82) is 0 Å². The minimum atomic E-state index is -0.574. The minimum Gasteiger partial charge on any atom is -0.505 e. The fourth-order valence-electron chi connectivity index (χ4n) is 2.85. The zero-order chi connectivity index (χ0) is 14.1. The van der Waals surface area contributed by atoms with Gasteiger partial charge in [0, 0.05) is 36.5 Å². The first-order chi connectivity index (χ1) is 9.66. The predicted octanol–water partition coefficient (Wildman–Crippen LogP) is 2.43. The van der Waals surface area contributed by atoms with Gasteiger partial charge < -0.3 is 10.4 Å². The molecule has 0 radical (unpaired) electrons. The molecule has 2 N–H and O–H groups in total. The molecule has 0 saturated heterocycles. The lowest BCUT2D eigenvalue weighted by molar-refractivity contribution is 0.411. The average molecular weight is 275 g/mol. The molecule has 1 aromatic heterocycles. The highest BCUT2D eigenvalue weighted by molar-refractivity contribution is 5.33. The first-order valence-electron chi connectivity index (χ1n) is 6.87. The summed E-state index contributed by atoms with van der Waals surface area (Å²) >= 11 is 0. The largest absolute Gasteiger partial charge is 0.505 e. The summed E-state index contributed by atoms with van der Waals surface area (Å²) in [6, 6.07) is 4.83. The first kappa shape index (κ1) is 13.1. The topological polar surface area (TPSA) is 50.1 Å². The summed E-state index contributed by atoms with van der Waals surface area (Å²) < 4.78 is 15.2. The quantitative estimate of drug-likeness (QED) is 0.904. The third-order valence-electron chi connectivity index (χ3n) is 3.98. The van der Waals surface area contributed by atoms with Crippen LogP contribution >= 0.6 is 0 Å². The molecular formula is C15H18FN3O. The third-order valence-corrected chi connectivity index (χ3v) is 3.98. The number of fused-ring (bicyclic) bond motifs is 1. The summed E-state index contributed by atoms with van der Waals surface area (Å²) in [6.45, 7) is 0.447. The smallest absolute Gasteiger partial charge is 0.165 e. The van der Waals surface area contributed by atoms with Crippen LogP contribution in [0, 0.1) is 5.82 Å². The number of nitrogens with zero attached hydrogens (tertiary/aromatic N) is 2. The molecule has 1 atom stereocenters. The van der Waals surface area contributed by atoms with E-state index < -0.39 is 5.82 Å². The Balaban J connectivity index is 1.75. The Kier molecular flexibility index (Phi) is 3.44. The van der Waals surface area contributed by atoms with E-state index in [0.717, 1.165) is 19.3 Å². The SMILES string of the molecule is Cn1ncc2c1CCCC2NCc1cccc(F)c1O. The van der Waals surface area contributed by atoms with Crippen LogP contribution in [0.15, 0.2) is 24.4 Å². The van der Waals surface area contributed by atoms with E-state index in [2.05, 4.69) is 10.4 Å². The van der Waals surface area contributed by atoms with Crippen molar-refractivity contribution in [2.45, 2.75) is 31.8 Å². The van der Waals surface area contributed by atoms with Crippen molar-refractivity contribution in [3.05, 3.63) is 47.0 Å². The Labute approximate surface area is 117 Å².